The molecular formula is C15H22N2. The first-order chi connectivity index (χ1) is 8.36. The van der Waals surface area contributed by atoms with Gasteiger partial charge in [0, 0.05) is 18.0 Å². The second-order valence-corrected chi connectivity index (χ2v) is 2.99. The minimum atomic E-state index is 1.06. The van der Waals surface area contributed by atoms with E-state index < -0.39 is 0 Å². The maximum absolute atomic E-state index is 3.97. The maximum Gasteiger partial charge on any atom is 0.115 e. The molecule has 0 aliphatic heterocycles. The highest BCUT2D eigenvalue weighted by Crippen LogP contribution is 2.16. The fraction of sp³-hybridized carbons (Fsp3) is 0.333. The highest BCUT2D eigenvalue weighted by atomic mass is 14.8. The van der Waals surface area contributed by atoms with Crippen LogP contribution in [0.5, 0.6) is 0 Å². The van der Waals surface area contributed by atoms with Crippen LogP contribution in [-0.4, -0.2) is 9.97 Å². The zero-order valence-electron chi connectivity index (χ0n) is 11.4. The van der Waals surface area contributed by atoms with E-state index in [0.717, 1.165) is 11.1 Å². The fourth-order valence-corrected chi connectivity index (χ4v) is 1.19. The third-order valence-electron chi connectivity index (χ3n) is 1.95. The SMILES string of the molecule is CC.CC.Cc1ccc(-c2cncnc2)cc1. The van der Waals surface area contributed by atoms with E-state index in [4.69, 9.17) is 0 Å². The summed E-state index contributed by atoms with van der Waals surface area (Å²) in [4.78, 5) is 7.94. The zero-order chi connectivity index (χ0) is 13.1. The molecule has 0 bridgehead atoms. The Morgan fingerprint density at radius 1 is 0.706 bits per heavy atom. The van der Waals surface area contributed by atoms with Crippen LogP contribution in [0.25, 0.3) is 11.1 Å². The second-order valence-electron chi connectivity index (χ2n) is 2.99. The first-order valence-electron chi connectivity index (χ1n) is 6.18. The zero-order valence-corrected chi connectivity index (χ0v) is 11.4. The highest BCUT2D eigenvalue weighted by Gasteiger charge is 1.95. The molecule has 0 saturated heterocycles. The summed E-state index contributed by atoms with van der Waals surface area (Å²) in [6.07, 6.45) is 5.17. The molecule has 1 aromatic carbocycles. The van der Waals surface area contributed by atoms with Crippen LogP contribution in [0.3, 0.4) is 0 Å². The lowest BCUT2D eigenvalue weighted by Crippen LogP contribution is -1.81. The van der Waals surface area contributed by atoms with Crippen LogP contribution in [0.15, 0.2) is 43.0 Å². The molecule has 0 unspecified atom stereocenters. The Labute approximate surface area is 105 Å². The molecule has 2 aromatic rings. The van der Waals surface area contributed by atoms with E-state index in [1.54, 1.807) is 0 Å². The van der Waals surface area contributed by atoms with Crippen LogP contribution < -0.4 is 0 Å². The van der Waals surface area contributed by atoms with E-state index in [9.17, 15) is 0 Å². The predicted molar refractivity (Wildman–Crippen MR) is 74.9 cm³/mol. The summed E-state index contributed by atoms with van der Waals surface area (Å²) in [5.74, 6) is 0. The molecule has 2 nitrogen and oxygen atoms in total. The minimum Gasteiger partial charge on any atom is -0.244 e. The molecule has 0 aliphatic carbocycles. The van der Waals surface area contributed by atoms with Gasteiger partial charge in [0.05, 0.1) is 0 Å². The molecule has 0 radical (unpaired) electrons. The molecule has 0 fully saturated rings. The number of aromatic nitrogens is 2. The van der Waals surface area contributed by atoms with Gasteiger partial charge in [0.25, 0.3) is 0 Å². The third kappa shape index (κ3) is 5.25. The number of aryl methyl sites for hydroxylation is 1. The van der Waals surface area contributed by atoms with Crippen LogP contribution in [0.4, 0.5) is 0 Å². The maximum atomic E-state index is 3.97. The van der Waals surface area contributed by atoms with E-state index in [1.165, 1.54) is 11.9 Å². The van der Waals surface area contributed by atoms with E-state index in [2.05, 4.69) is 41.2 Å². The highest BCUT2D eigenvalue weighted by molar-refractivity contribution is 5.61. The number of hydrogen-bond acceptors (Lipinski definition) is 2. The largest absolute Gasteiger partial charge is 0.244 e. The summed E-state index contributed by atoms with van der Waals surface area (Å²) < 4.78 is 0. The average molecular weight is 230 g/mol. The second kappa shape index (κ2) is 9.52. The lowest BCUT2D eigenvalue weighted by Gasteiger charge is -1.99. The molecule has 0 spiro atoms. The van der Waals surface area contributed by atoms with Crippen molar-refractivity contribution in [2.45, 2.75) is 34.6 Å². The van der Waals surface area contributed by atoms with Gasteiger partial charge in [-0.1, -0.05) is 57.5 Å². The fourth-order valence-electron chi connectivity index (χ4n) is 1.19. The van der Waals surface area contributed by atoms with Crippen molar-refractivity contribution >= 4 is 0 Å². The van der Waals surface area contributed by atoms with Crippen LogP contribution >= 0.6 is 0 Å². The summed E-state index contributed by atoms with van der Waals surface area (Å²) in [6.45, 7) is 10.1. The van der Waals surface area contributed by atoms with Gasteiger partial charge >= 0.3 is 0 Å². The lowest BCUT2D eigenvalue weighted by molar-refractivity contribution is 1.17. The predicted octanol–water partition coefficient (Wildman–Crippen LogP) is 4.50. The van der Waals surface area contributed by atoms with Gasteiger partial charge in [-0.05, 0) is 12.5 Å². The van der Waals surface area contributed by atoms with Crippen LogP contribution in [-0.2, 0) is 0 Å². The smallest absolute Gasteiger partial charge is 0.115 e. The Morgan fingerprint density at radius 2 is 1.18 bits per heavy atom. The summed E-state index contributed by atoms with van der Waals surface area (Å²) in [5, 5.41) is 0. The number of hydrogen-bond donors (Lipinski definition) is 0. The molecule has 0 amide bonds. The lowest BCUT2D eigenvalue weighted by atomic mass is 10.1. The van der Waals surface area contributed by atoms with Gasteiger partial charge in [-0.15, -0.1) is 0 Å². The topological polar surface area (TPSA) is 25.8 Å². The molecule has 0 N–H and O–H groups in total. The standard InChI is InChI=1S/C11H10N2.2C2H6/c1-9-2-4-10(5-3-9)11-6-12-8-13-7-11;2*1-2/h2-8H,1H3;2*1-2H3. The van der Waals surface area contributed by atoms with E-state index in [1.807, 2.05) is 40.1 Å². The van der Waals surface area contributed by atoms with E-state index in [0.29, 0.717) is 0 Å². The van der Waals surface area contributed by atoms with Crippen LogP contribution in [0, 0.1) is 6.92 Å². The van der Waals surface area contributed by atoms with Crippen molar-refractivity contribution in [1.29, 1.82) is 0 Å². The number of rotatable bonds is 1. The first-order valence-corrected chi connectivity index (χ1v) is 6.18. The number of benzene rings is 1. The quantitative estimate of drug-likeness (QED) is 0.720. The molecule has 92 valence electrons. The third-order valence-corrected chi connectivity index (χ3v) is 1.95. The van der Waals surface area contributed by atoms with Gasteiger partial charge in [-0.3, -0.25) is 0 Å². The Hall–Kier alpha value is -1.70. The summed E-state index contributed by atoms with van der Waals surface area (Å²) in [7, 11) is 0. The molecule has 0 atom stereocenters. The molecule has 0 aliphatic rings. The normalized spacial score (nSPS) is 8.29. The monoisotopic (exact) mass is 230 g/mol. The molecule has 17 heavy (non-hydrogen) atoms. The van der Waals surface area contributed by atoms with Gasteiger partial charge in [0.2, 0.25) is 0 Å². The van der Waals surface area contributed by atoms with Crippen molar-refractivity contribution in [2.75, 3.05) is 0 Å². The number of nitrogens with zero attached hydrogens (tertiary/aromatic N) is 2. The van der Waals surface area contributed by atoms with Crippen molar-refractivity contribution in [3.05, 3.63) is 48.5 Å². The molecule has 2 rings (SSSR count). The van der Waals surface area contributed by atoms with Crippen LogP contribution in [0.1, 0.15) is 33.3 Å². The van der Waals surface area contributed by atoms with Crippen molar-refractivity contribution in [2.24, 2.45) is 0 Å². The van der Waals surface area contributed by atoms with Crippen molar-refractivity contribution in [1.82, 2.24) is 9.97 Å². The van der Waals surface area contributed by atoms with Crippen molar-refractivity contribution in [3.8, 4) is 11.1 Å². The first kappa shape index (κ1) is 15.3. The Bertz CT molecular complexity index is 379. The van der Waals surface area contributed by atoms with Gasteiger partial charge < -0.3 is 0 Å². The van der Waals surface area contributed by atoms with E-state index >= 15 is 0 Å². The molecule has 1 aromatic heterocycles. The Morgan fingerprint density at radius 3 is 1.65 bits per heavy atom. The Balaban J connectivity index is 0.000000581. The van der Waals surface area contributed by atoms with Gasteiger partial charge in [-0.25, -0.2) is 9.97 Å². The van der Waals surface area contributed by atoms with Crippen molar-refractivity contribution in [3.63, 3.8) is 0 Å². The summed E-state index contributed by atoms with van der Waals surface area (Å²) in [5.41, 5.74) is 3.48. The molecular weight excluding hydrogens is 208 g/mol. The van der Waals surface area contributed by atoms with Crippen LogP contribution in [0.2, 0.25) is 0 Å². The van der Waals surface area contributed by atoms with Gasteiger partial charge in [0.15, 0.2) is 0 Å². The summed E-state index contributed by atoms with van der Waals surface area (Å²) in [6, 6.07) is 8.33. The average Bonchev–Trinajstić information content (AvgIpc) is 2.45. The minimum absolute atomic E-state index is 1.06. The van der Waals surface area contributed by atoms with E-state index in [-0.39, 0.29) is 0 Å². The summed E-state index contributed by atoms with van der Waals surface area (Å²) >= 11 is 0. The van der Waals surface area contributed by atoms with Crippen molar-refractivity contribution < 1.29 is 0 Å². The van der Waals surface area contributed by atoms with Gasteiger partial charge in [0.1, 0.15) is 6.33 Å². The Kier molecular flexibility index (Phi) is 8.57. The molecule has 2 heteroatoms. The molecule has 0 saturated carbocycles. The molecule has 1 heterocycles. The van der Waals surface area contributed by atoms with Gasteiger partial charge in [-0.2, -0.15) is 0 Å².